The summed E-state index contributed by atoms with van der Waals surface area (Å²) < 4.78 is 101. The molecule has 4 aliphatic heterocycles. The molecule has 0 radical (unpaired) electrons. The lowest BCUT2D eigenvalue weighted by molar-refractivity contribution is -0.420. The average molecular weight is 1410 g/mol. The Morgan fingerprint density at radius 1 is 0.619 bits per heavy atom. The monoisotopic (exact) mass is 1410 g/mol. The molecule has 4 rings (SSSR count). The van der Waals surface area contributed by atoms with Gasteiger partial charge in [0.05, 0.1) is 57.3 Å². The van der Waals surface area contributed by atoms with Gasteiger partial charge in [0.15, 0.2) is 18.9 Å². The Morgan fingerprint density at radius 2 is 1.12 bits per heavy atom. The lowest BCUT2D eigenvalue weighted by Crippen LogP contribution is -2.73. The molecule has 4 heterocycles. The van der Waals surface area contributed by atoms with Gasteiger partial charge in [-0.25, -0.2) is 0 Å². The van der Waals surface area contributed by atoms with Gasteiger partial charge in [-0.3, -0.25) is 14.4 Å². The van der Waals surface area contributed by atoms with E-state index in [9.17, 15) is 90.7 Å². The molecule has 23 atom stereocenters. The summed E-state index contributed by atoms with van der Waals surface area (Å²) in [4.78, 5) is 51.8. The Balaban J connectivity index is 0.0000281. The number of carbonyl (C=O) groups excluding carboxylic acids is 4. The summed E-state index contributed by atoms with van der Waals surface area (Å²) in [5.41, 5.74) is 0. The zero-order valence-electron chi connectivity index (χ0n) is 64.1. The summed E-state index contributed by atoms with van der Waals surface area (Å²) in [5, 5.41) is 165. The third-order valence-electron chi connectivity index (χ3n) is 18.0. The molecule has 0 aliphatic carbocycles. The molecule has 4 aliphatic rings. The van der Waals surface area contributed by atoms with Crippen LogP contribution in [0, 0.1) is 0 Å². The van der Waals surface area contributed by atoms with Crippen LogP contribution in [0.2, 0.25) is 0 Å². The smallest absolute Gasteiger partial charge is 0.220 e. The zero-order chi connectivity index (χ0) is 76.8. The molecule has 20 N–H and O–H groups in total. The number of rotatable bonds is 49. The van der Waals surface area contributed by atoms with Crippen molar-refractivity contribution in [1.29, 1.82) is 0 Å². The molecule has 0 aromatic carbocycles. The molecule has 30 heteroatoms. The van der Waals surface area contributed by atoms with Crippen molar-refractivity contribution in [3.8, 4) is 0 Å². The van der Waals surface area contributed by atoms with Gasteiger partial charge in [0.25, 0.3) is 0 Å². The number of nitrogens with one attached hydrogen (secondary N) is 3. The van der Waals surface area contributed by atoms with Crippen LogP contribution in [0.4, 0.5) is 0 Å². The lowest BCUT2D eigenvalue weighted by Gasteiger charge is -2.53. The summed E-state index contributed by atoms with van der Waals surface area (Å²) >= 11 is 0. The second kappa shape index (κ2) is 47.8. The molecule has 0 aromatic heterocycles. The standard InChI is InChI=1S/C67H121N3O26.H3N/c1-5-7-9-11-13-15-17-19-20-22-24-26-28-30-32-34-50(80)70-43(44(77)33-31-29-27-25-23-21-18-16-14-12-10-8-6-2)40-89-64-57(85)56(84)59(48(38-73)91-64)93-65-58(86)62(60(49(39-74)92-65)94-63-52(69-42(4)76)55(83)54(82)47(37-72)90-63)96-67(66(87)88)35-45(78)51(68-41(3)75)61(95-67)53(81)46(79)36-71;/h31,33,43-49,51-65,71-74,77-79,81-86H,5-30,32,34-40H2,1-4H3,(H,68,75)(H,69,76)(H,70,80)(H,87,88);1H3/b33-31+;/t43-,44+,45-,46+,47+,48+,49+,51+,52+,53+,54-,55+,56+,57+,58+,59+,60-,61+,62+,63-,64+,65-,67-;/m0./s1/i1D3,5D2,7D2;. The Kier molecular flexibility index (Phi) is 37.7. The average Bonchev–Trinajstić information content (AvgIpc) is 0.718. The first-order chi connectivity index (χ1) is 48.7. The van der Waals surface area contributed by atoms with Gasteiger partial charge in [-0.05, 0) is 19.3 Å². The number of quaternary nitrogens is 1. The van der Waals surface area contributed by atoms with Crippen molar-refractivity contribution in [3.05, 3.63) is 12.2 Å². The quantitative estimate of drug-likeness (QED) is 0.0285. The van der Waals surface area contributed by atoms with Crippen molar-refractivity contribution < 1.29 is 138 Å². The molecule has 0 spiro atoms. The topological polar surface area (TPSA) is 501 Å². The van der Waals surface area contributed by atoms with E-state index >= 15 is 0 Å². The minimum absolute atomic E-state index is 0. The van der Waals surface area contributed by atoms with E-state index in [0.717, 1.165) is 104 Å². The van der Waals surface area contributed by atoms with E-state index in [1.54, 1.807) is 6.08 Å². The Morgan fingerprint density at radius 3 is 1.66 bits per heavy atom. The van der Waals surface area contributed by atoms with Crippen LogP contribution >= 0.6 is 0 Å². The first-order valence-corrected chi connectivity index (χ1v) is 34.7. The third kappa shape index (κ3) is 28.8. The van der Waals surface area contributed by atoms with Crippen molar-refractivity contribution >= 4 is 23.7 Å². The first-order valence-electron chi connectivity index (χ1n) is 38.2. The molecule has 0 saturated carbocycles. The van der Waals surface area contributed by atoms with Crippen molar-refractivity contribution in [2.24, 2.45) is 0 Å². The molecular weight excluding hydrogens is 1280 g/mol. The molecule has 0 aromatic rings. The van der Waals surface area contributed by atoms with Gasteiger partial charge in [-0.15, -0.1) is 0 Å². The van der Waals surface area contributed by atoms with Crippen LogP contribution in [0.1, 0.15) is 223 Å². The van der Waals surface area contributed by atoms with E-state index in [0.29, 0.717) is 25.7 Å². The van der Waals surface area contributed by atoms with Crippen LogP contribution in [0.25, 0.3) is 0 Å². The van der Waals surface area contributed by atoms with Crippen LogP contribution in [0.3, 0.4) is 0 Å². The number of amides is 3. The number of allylic oxidation sites excluding steroid dienone is 1. The molecule has 97 heavy (non-hydrogen) atoms. The summed E-state index contributed by atoms with van der Waals surface area (Å²) in [6, 6.07) is -4.66. The highest BCUT2D eigenvalue weighted by atomic mass is 16.8. The summed E-state index contributed by atoms with van der Waals surface area (Å²) in [6.07, 6.45) is -19.4. The van der Waals surface area contributed by atoms with Gasteiger partial charge in [0.1, 0.15) is 97.5 Å². The van der Waals surface area contributed by atoms with Gasteiger partial charge < -0.3 is 136 Å². The summed E-state index contributed by atoms with van der Waals surface area (Å²) in [5.74, 6) is -7.90. The second-order valence-corrected chi connectivity index (χ2v) is 25.8. The van der Waals surface area contributed by atoms with E-state index in [1.807, 2.05) is 0 Å². The number of carboxylic acids is 1. The second-order valence-electron chi connectivity index (χ2n) is 25.8. The number of hydrogen-bond acceptors (Lipinski definition) is 26. The number of hydrogen-bond donors (Lipinski definition) is 17. The van der Waals surface area contributed by atoms with Gasteiger partial charge in [-0.1, -0.05) is 180 Å². The van der Waals surface area contributed by atoms with Crippen molar-refractivity contribution in [3.63, 3.8) is 0 Å². The van der Waals surface area contributed by atoms with Gasteiger partial charge >= 0.3 is 0 Å². The molecule has 4 fully saturated rings. The summed E-state index contributed by atoms with van der Waals surface area (Å²) in [6.45, 7) is -3.82. The molecule has 4 saturated heterocycles. The number of carboxylic acid groups (broad SMARTS) is 1. The summed E-state index contributed by atoms with van der Waals surface area (Å²) in [7, 11) is 0. The minimum Gasteiger partial charge on any atom is -0.544 e. The number of carbonyl (C=O) groups is 4. The van der Waals surface area contributed by atoms with E-state index in [4.69, 9.17) is 47.5 Å². The largest absolute Gasteiger partial charge is 0.544 e. The number of aliphatic hydroxyl groups is 13. The van der Waals surface area contributed by atoms with Crippen molar-refractivity contribution in [2.45, 2.75) is 354 Å². The van der Waals surface area contributed by atoms with Crippen molar-refractivity contribution in [2.75, 3.05) is 33.0 Å². The van der Waals surface area contributed by atoms with Crippen molar-refractivity contribution in [1.82, 2.24) is 22.1 Å². The molecule has 0 unspecified atom stereocenters. The van der Waals surface area contributed by atoms with E-state index in [1.165, 1.54) is 44.6 Å². The fourth-order valence-corrected chi connectivity index (χ4v) is 12.5. The van der Waals surface area contributed by atoms with E-state index < -0.39 is 223 Å². The highest BCUT2D eigenvalue weighted by molar-refractivity contribution is 5.76. The molecule has 0 bridgehead atoms. The normalized spacial score (nSPS) is 33.5. The fraction of sp³-hybridized carbons (Fsp3) is 0.910. The van der Waals surface area contributed by atoms with Crippen LogP contribution in [0.15, 0.2) is 12.2 Å². The first kappa shape index (κ1) is 76.4. The predicted octanol–water partition coefficient (Wildman–Crippen LogP) is 0.175. The zero-order valence-corrected chi connectivity index (χ0v) is 57.1. The number of aliphatic carboxylic acids is 1. The lowest BCUT2D eigenvalue weighted by atomic mass is 9.88. The predicted molar refractivity (Wildman–Crippen MR) is 349 cm³/mol. The highest BCUT2D eigenvalue weighted by Gasteiger charge is 2.60. The fourth-order valence-electron chi connectivity index (χ4n) is 12.5. The highest BCUT2D eigenvalue weighted by Crippen LogP contribution is 2.40. The minimum atomic E-state index is -3.41. The van der Waals surface area contributed by atoms with Gasteiger partial charge in [0, 0.05) is 36.3 Å². The Labute approximate surface area is 581 Å². The maximum atomic E-state index is 13.6. The number of unbranched alkanes of at least 4 members (excludes halogenated alkanes) is 22. The van der Waals surface area contributed by atoms with E-state index in [-0.39, 0.29) is 19.0 Å². The van der Waals surface area contributed by atoms with E-state index in [2.05, 4.69) is 22.9 Å². The molecular formula is C67H124N4O26. The van der Waals surface area contributed by atoms with Crippen LogP contribution in [-0.4, -0.2) is 264 Å². The molecule has 30 nitrogen and oxygen atoms in total. The Bertz CT molecular complexity index is 2480. The molecule has 568 valence electrons. The molecule has 3 amide bonds. The van der Waals surface area contributed by atoms with Crippen LogP contribution in [-0.2, 0) is 57.1 Å². The van der Waals surface area contributed by atoms with Crippen LogP contribution < -0.4 is 27.2 Å². The third-order valence-corrected chi connectivity index (χ3v) is 18.0. The maximum Gasteiger partial charge on any atom is 0.220 e. The SMILES string of the molecule is [2H]C([2H])([2H])C([2H])([2H])C([2H])([2H])CCCCCCCCCCCCCCC(=O)N[C@@H](CO[C@@H]1O[C@H](CO)[C@@H](O[C@@H]2O[C@H](CO)[C@H](O[C@@H]3O[C@H](CO)[C@H](O)[C@H](O)[C@H]3NC(C)=O)[C@H](O[C@]3(C(=O)[O-])C[C@H](O)[C@@H](NC(C)=O)[C@H]([C@H](O)[C@H](O)CO)O3)[C@H]2O)[C@H](O)[C@H]1O)[C@H](O)/C=C/CCCCCCCCCCCCC.[NH4+]. The number of aliphatic hydroxyl groups excluding tert-OH is 13. The maximum absolute atomic E-state index is 13.6. The Hall–Kier alpha value is -3.26. The van der Waals surface area contributed by atoms with Gasteiger partial charge in [0.2, 0.25) is 23.5 Å². The van der Waals surface area contributed by atoms with Gasteiger partial charge in [-0.2, -0.15) is 0 Å². The number of ether oxygens (including phenoxy) is 8. The van der Waals surface area contributed by atoms with Crippen LogP contribution in [0.5, 0.6) is 0 Å².